The zero-order valence-electron chi connectivity index (χ0n) is 8.32. The lowest BCUT2D eigenvalue weighted by molar-refractivity contribution is 0.366. The average molecular weight is 230 g/mol. The third-order valence-electron chi connectivity index (χ3n) is 1.16. The van der Waals surface area contributed by atoms with Crippen LogP contribution >= 0.6 is 0 Å². The highest BCUT2D eigenvalue weighted by atomic mass is 32.3. The molecule has 0 heterocycles. The lowest BCUT2D eigenvalue weighted by Gasteiger charge is -1.93. The van der Waals surface area contributed by atoms with Crippen LogP contribution in [0.2, 0.25) is 0 Å². The Morgan fingerprint density at radius 1 is 1.31 bits per heavy atom. The first kappa shape index (κ1) is 15.7. The minimum absolute atomic E-state index is 0.683. The molecule has 0 atom stereocenters. The Kier molecular flexibility index (Phi) is 10.6. The first-order chi connectivity index (χ1) is 5.77. The topological polar surface area (TPSA) is 77.4 Å². The molecule has 6 heteroatoms. The monoisotopic (exact) mass is 230 g/mol. The van der Waals surface area contributed by atoms with E-state index in [0.29, 0.717) is 10.9 Å². The van der Waals surface area contributed by atoms with E-state index in [2.05, 4.69) is 19.4 Å². The smallest absolute Gasteiger partial charge is 0.215 e. The summed E-state index contributed by atoms with van der Waals surface area (Å²) in [4.78, 5) is 0. The quantitative estimate of drug-likeness (QED) is 0.339. The predicted octanol–water partition coefficient (Wildman–Crippen LogP) is 1.06. The molecule has 0 saturated carbocycles. The number of hydrogen-bond donors (Lipinski definition) is 1. The van der Waals surface area contributed by atoms with Crippen molar-refractivity contribution in [1.82, 2.24) is 0 Å². The van der Waals surface area contributed by atoms with E-state index in [1.54, 1.807) is 0 Å². The van der Waals surface area contributed by atoms with Crippen LogP contribution in [0.4, 0.5) is 0 Å². The van der Waals surface area contributed by atoms with Crippen molar-refractivity contribution in [3.63, 3.8) is 0 Å². The van der Waals surface area contributed by atoms with Gasteiger partial charge in [0, 0.05) is 0 Å². The Morgan fingerprint density at radius 2 is 1.69 bits per heavy atom. The van der Waals surface area contributed by atoms with Crippen molar-refractivity contribution in [2.75, 3.05) is 18.3 Å². The van der Waals surface area contributed by atoms with Gasteiger partial charge in [-0.25, -0.2) is 8.42 Å². The van der Waals surface area contributed by atoms with Gasteiger partial charge in [0.1, 0.15) is 5.75 Å². The molecule has 0 aromatic rings. The zero-order chi connectivity index (χ0) is 10.9. The van der Waals surface area contributed by atoms with Crippen molar-refractivity contribution >= 4 is 21.3 Å². The van der Waals surface area contributed by atoms with Crippen LogP contribution in [0, 0.1) is 0 Å². The van der Waals surface area contributed by atoms with Crippen LogP contribution in [-0.4, -0.2) is 35.8 Å². The summed E-state index contributed by atoms with van der Waals surface area (Å²) in [6, 6.07) is 0. The molecule has 0 spiro atoms. The highest BCUT2D eigenvalue weighted by Gasteiger charge is 1.98. The van der Waals surface area contributed by atoms with Gasteiger partial charge in [-0.1, -0.05) is 13.3 Å². The van der Waals surface area contributed by atoms with Gasteiger partial charge >= 0.3 is 0 Å². The van der Waals surface area contributed by atoms with E-state index >= 15 is 0 Å². The molecule has 0 saturated heterocycles. The number of unbranched alkanes of at least 4 members (excludes halogenated alkanes) is 2. The molecule has 0 amide bonds. The summed E-state index contributed by atoms with van der Waals surface area (Å²) in [5.41, 5.74) is 0. The van der Waals surface area contributed by atoms with Crippen LogP contribution < -0.4 is 0 Å². The van der Waals surface area contributed by atoms with Crippen LogP contribution in [0.1, 0.15) is 26.2 Å². The van der Waals surface area contributed by atoms with E-state index < -0.39 is 10.4 Å². The van der Waals surface area contributed by atoms with Gasteiger partial charge in [0.2, 0.25) is 10.4 Å². The molecule has 0 aromatic carbocycles. The molecule has 0 radical (unpaired) electrons. The third kappa shape index (κ3) is 46.8. The molecule has 0 fully saturated rings. The number of hydrogen-bond acceptors (Lipinski definition) is 3. The van der Waals surface area contributed by atoms with Crippen LogP contribution in [0.5, 0.6) is 0 Å². The van der Waals surface area contributed by atoms with Gasteiger partial charge in [-0.3, -0.25) is 4.55 Å². The largest absolute Gasteiger partial charge is 0.726 e. The van der Waals surface area contributed by atoms with Crippen molar-refractivity contribution in [2.24, 2.45) is 0 Å². The Hall–Kier alpha value is 0.220. The van der Waals surface area contributed by atoms with Crippen LogP contribution in [-0.2, 0) is 21.3 Å². The molecule has 0 bridgehead atoms. The van der Waals surface area contributed by atoms with E-state index in [4.69, 9.17) is 17.5 Å². The molecule has 82 valence electrons. The van der Waals surface area contributed by atoms with Crippen LogP contribution in [0.3, 0.4) is 0 Å². The summed E-state index contributed by atoms with van der Waals surface area (Å²) in [6.45, 7) is 2.25. The van der Waals surface area contributed by atoms with Gasteiger partial charge in [0.25, 0.3) is 0 Å². The van der Waals surface area contributed by atoms with E-state index in [1.807, 2.05) is 0 Å². The molecule has 13 heavy (non-hydrogen) atoms. The minimum Gasteiger partial charge on any atom is -0.726 e. The Balaban J connectivity index is 0. The summed E-state index contributed by atoms with van der Waals surface area (Å²) in [5, 5.41) is 0. The maximum absolute atomic E-state index is 8.63. The lowest BCUT2D eigenvalue weighted by atomic mass is 10.3. The second-order valence-corrected chi connectivity index (χ2v) is 6.06. The van der Waals surface area contributed by atoms with Crippen LogP contribution in [0.15, 0.2) is 0 Å². The minimum atomic E-state index is -4.92. The second-order valence-electron chi connectivity index (χ2n) is 2.82. The van der Waals surface area contributed by atoms with E-state index in [0.717, 1.165) is 0 Å². The first-order valence-corrected chi connectivity index (χ1v) is 7.57. The van der Waals surface area contributed by atoms with Crippen molar-refractivity contribution in [1.29, 1.82) is 0 Å². The molecular formula is C7H18O4S2. The number of rotatable bonds is 4. The van der Waals surface area contributed by atoms with Crippen molar-refractivity contribution in [3.05, 3.63) is 0 Å². The normalized spacial score (nSPS) is 10.9. The maximum atomic E-state index is 8.63. The highest BCUT2D eigenvalue weighted by Crippen LogP contribution is 1.96. The summed E-state index contributed by atoms with van der Waals surface area (Å²) in [6.07, 6.45) is 8.85. The molecule has 0 rings (SSSR count). The van der Waals surface area contributed by atoms with Gasteiger partial charge in [-0.05, 0) is 23.7 Å². The van der Waals surface area contributed by atoms with Gasteiger partial charge in [0.05, 0.1) is 12.5 Å². The molecule has 0 aromatic heterocycles. The molecular weight excluding hydrogens is 212 g/mol. The van der Waals surface area contributed by atoms with Gasteiger partial charge in [-0.2, -0.15) is 0 Å². The van der Waals surface area contributed by atoms with E-state index in [9.17, 15) is 0 Å². The summed E-state index contributed by atoms with van der Waals surface area (Å²) in [5.74, 6) is 1.44. The maximum Gasteiger partial charge on any atom is 0.215 e. The Morgan fingerprint density at radius 3 is 1.92 bits per heavy atom. The van der Waals surface area contributed by atoms with Crippen molar-refractivity contribution < 1.29 is 17.5 Å². The standard InChI is InChI=1S/C7H17S.H2O4S/c1-4-5-6-7-8(2)3;1-5(2,3)4/h4-7H2,1-3H3;(H2,1,2,3,4)/q+1;/p-1. The molecule has 0 aliphatic heterocycles. The molecule has 4 nitrogen and oxygen atoms in total. The fourth-order valence-electron chi connectivity index (χ4n) is 0.641. The molecule has 1 N–H and O–H groups in total. The Bertz CT molecular complexity index is 179. The van der Waals surface area contributed by atoms with E-state index in [-0.39, 0.29) is 0 Å². The van der Waals surface area contributed by atoms with E-state index in [1.165, 1.54) is 25.0 Å². The fraction of sp³-hybridized carbons (Fsp3) is 1.00. The SMILES string of the molecule is CCCCC[S+](C)C.O=S(=O)([O-])O. The molecule has 0 aliphatic rings. The highest BCUT2D eigenvalue weighted by molar-refractivity contribution is 7.95. The molecule has 0 unspecified atom stereocenters. The van der Waals surface area contributed by atoms with Crippen molar-refractivity contribution in [3.8, 4) is 0 Å². The summed E-state index contributed by atoms with van der Waals surface area (Å²) >= 11 is 0. The van der Waals surface area contributed by atoms with Gasteiger partial charge < -0.3 is 4.55 Å². The predicted molar refractivity (Wildman–Crippen MR) is 55.9 cm³/mol. The van der Waals surface area contributed by atoms with Gasteiger partial charge in [0.15, 0.2) is 0 Å². The first-order valence-electron chi connectivity index (χ1n) is 3.99. The molecule has 0 aliphatic carbocycles. The van der Waals surface area contributed by atoms with Gasteiger partial charge in [-0.15, -0.1) is 0 Å². The third-order valence-corrected chi connectivity index (χ3v) is 2.26. The second kappa shape index (κ2) is 8.80. The lowest BCUT2D eigenvalue weighted by Crippen LogP contribution is -2.00. The zero-order valence-corrected chi connectivity index (χ0v) is 9.95. The van der Waals surface area contributed by atoms with Crippen LogP contribution in [0.25, 0.3) is 0 Å². The fourth-order valence-corrected chi connectivity index (χ4v) is 1.42. The summed E-state index contributed by atoms with van der Waals surface area (Å²) in [7, 11) is -4.23. The Labute approximate surface area is 83.7 Å². The van der Waals surface area contributed by atoms with Crippen molar-refractivity contribution in [2.45, 2.75) is 26.2 Å². The summed E-state index contributed by atoms with van der Waals surface area (Å²) < 4.78 is 32.8. The average Bonchev–Trinajstić information content (AvgIpc) is 1.83.